The molecule has 268 valence electrons. The molecule has 0 bridgehead atoms. The van der Waals surface area contributed by atoms with Gasteiger partial charge in [-0.05, 0) is 82.4 Å². The van der Waals surface area contributed by atoms with Gasteiger partial charge in [-0.1, -0.05) is 164 Å². The molecule has 3 nitrogen and oxygen atoms in total. The second kappa shape index (κ2) is 13.6. The Labute approximate surface area is 330 Å². The van der Waals surface area contributed by atoms with Crippen LogP contribution in [0.3, 0.4) is 0 Å². The number of anilines is 3. The molecule has 57 heavy (non-hydrogen) atoms. The van der Waals surface area contributed by atoms with Gasteiger partial charge >= 0.3 is 0 Å². The molecule has 0 amide bonds. The van der Waals surface area contributed by atoms with E-state index < -0.39 is 0 Å². The second-order valence-electron chi connectivity index (χ2n) is 14.5. The van der Waals surface area contributed by atoms with Crippen molar-refractivity contribution in [3.8, 4) is 39.1 Å². The van der Waals surface area contributed by atoms with Crippen LogP contribution in [-0.2, 0) is 0 Å². The zero-order valence-electron chi connectivity index (χ0n) is 31.1. The van der Waals surface area contributed by atoms with Crippen molar-refractivity contribution in [2.75, 3.05) is 4.90 Å². The SMILES string of the molecule is c1ccc(-c2ccc(-c3ccc(N(c4ccc5c6ccccc6n(-c6ccccc6)c5c4)c4cccc5c4oc4ccccc45)c(-c4ccccc4)c3)cc2)cc1. The quantitative estimate of drug-likeness (QED) is 0.163. The van der Waals surface area contributed by atoms with E-state index in [1.165, 1.54) is 27.4 Å². The first kappa shape index (κ1) is 32.8. The van der Waals surface area contributed by atoms with Gasteiger partial charge in [-0.2, -0.15) is 0 Å². The lowest BCUT2D eigenvalue weighted by molar-refractivity contribution is 0.669. The van der Waals surface area contributed by atoms with E-state index in [4.69, 9.17) is 4.42 Å². The topological polar surface area (TPSA) is 21.3 Å². The molecule has 0 aliphatic heterocycles. The summed E-state index contributed by atoms with van der Waals surface area (Å²) in [5, 5.41) is 4.62. The molecule has 11 aromatic rings. The van der Waals surface area contributed by atoms with Crippen LogP contribution in [0.5, 0.6) is 0 Å². The van der Waals surface area contributed by atoms with Crippen LogP contribution in [0.2, 0.25) is 0 Å². The summed E-state index contributed by atoms with van der Waals surface area (Å²) in [5.41, 5.74) is 15.2. The zero-order chi connectivity index (χ0) is 37.7. The van der Waals surface area contributed by atoms with Crippen molar-refractivity contribution in [1.29, 1.82) is 0 Å². The largest absolute Gasteiger partial charge is 0.454 e. The Morgan fingerprint density at radius 3 is 1.70 bits per heavy atom. The Balaban J connectivity index is 1.17. The van der Waals surface area contributed by atoms with E-state index in [2.05, 4.69) is 222 Å². The molecule has 0 radical (unpaired) electrons. The highest BCUT2D eigenvalue weighted by molar-refractivity contribution is 6.13. The minimum atomic E-state index is 0.849. The predicted octanol–water partition coefficient (Wildman–Crippen LogP) is 15.2. The second-order valence-corrected chi connectivity index (χ2v) is 14.5. The molecule has 2 aromatic heterocycles. The maximum atomic E-state index is 6.78. The van der Waals surface area contributed by atoms with E-state index in [9.17, 15) is 0 Å². The first-order valence-electron chi connectivity index (χ1n) is 19.4. The van der Waals surface area contributed by atoms with Gasteiger partial charge in [0.05, 0.1) is 22.4 Å². The van der Waals surface area contributed by atoms with Crippen LogP contribution < -0.4 is 4.90 Å². The highest BCUT2D eigenvalue weighted by Crippen LogP contribution is 2.47. The number of benzene rings is 9. The van der Waals surface area contributed by atoms with E-state index in [0.29, 0.717) is 0 Å². The summed E-state index contributed by atoms with van der Waals surface area (Å²) in [7, 11) is 0. The minimum absolute atomic E-state index is 0.849. The molecular formula is C54H36N2O. The lowest BCUT2D eigenvalue weighted by Gasteiger charge is -2.28. The number of fused-ring (bicyclic) bond motifs is 6. The van der Waals surface area contributed by atoms with Gasteiger partial charge in [0.15, 0.2) is 5.58 Å². The van der Waals surface area contributed by atoms with Crippen LogP contribution in [0.1, 0.15) is 0 Å². The molecule has 3 heteroatoms. The molecule has 2 heterocycles. The predicted molar refractivity (Wildman–Crippen MR) is 239 cm³/mol. The Morgan fingerprint density at radius 1 is 0.351 bits per heavy atom. The molecule has 0 unspecified atom stereocenters. The van der Waals surface area contributed by atoms with Crippen LogP contribution in [0.15, 0.2) is 223 Å². The zero-order valence-corrected chi connectivity index (χ0v) is 31.1. The molecule has 0 aliphatic carbocycles. The number of para-hydroxylation sites is 4. The molecule has 11 rings (SSSR count). The van der Waals surface area contributed by atoms with E-state index in [0.717, 1.165) is 72.5 Å². The molecule has 0 aliphatic rings. The fraction of sp³-hybridized carbons (Fsp3) is 0. The average molecular weight is 729 g/mol. The standard InChI is InChI=1S/C54H36N2O/c1-4-15-37(16-5-1)38-27-29-39(30-28-38)41-31-34-50(48(35-41)40-17-6-2-7-18-40)56(51-25-14-23-47-46-22-11-13-26-53(46)57-54(47)51)43-32-33-45-44-21-10-12-24-49(44)55(52(45)36-43)42-19-8-3-9-20-42/h1-36H. The fourth-order valence-electron chi connectivity index (χ4n) is 8.51. The van der Waals surface area contributed by atoms with Crippen molar-refractivity contribution in [2.24, 2.45) is 0 Å². The average Bonchev–Trinajstić information content (AvgIpc) is 3.84. The summed E-state index contributed by atoms with van der Waals surface area (Å²) in [4.78, 5) is 2.39. The first-order valence-corrected chi connectivity index (χ1v) is 19.4. The summed E-state index contributed by atoms with van der Waals surface area (Å²) in [6.45, 7) is 0. The minimum Gasteiger partial charge on any atom is -0.454 e. The van der Waals surface area contributed by atoms with E-state index >= 15 is 0 Å². The van der Waals surface area contributed by atoms with Crippen molar-refractivity contribution >= 4 is 60.8 Å². The monoisotopic (exact) mass is 728 g/mol. The third kappa shape index (κ3) is 5.60. The lowest BCUT2D eigenvalue weighted by atomic mass is 9.95. The van der Waals surface area contributed by atoms with Crippen LogP contribution in [0.4, 0.5) is 17.1 Å². The molecule has 0 N–H and O–H groups in total. The maximum absolute atomic E-state index is 6.78. The number of aromatic nitrogens is 1. The highest BCUT2D eigenvalue weighted by Gasteiger charge is 2.24. The Bertz CT molecular complexity index is 3220. The molecule has 0 saturated heterocycles. The lowest BCUT2D eigenvalue weighted by Crippen LogP contribution is -2.12. The van der Waals surface area contributed by atoms with Crippen molar-refractivity contribution in [3.05, 3.63) is 218 Å². The van der Waals surface area contributed by atoms with Crippen LogP contribution in [-0.4, -0.2) is 4.57 Å². The number of furan rings is 1. The van der Waals surface area contributed by atoms with Crippen molar-refractivity contribution < 1.29 is 4.42 Å². The van der Waals surface area contributed by atoms with Crippen LogP contribution in [0.25, 0.3) is 82.8 Å². The Kier molecular flexibility index (Phi) is 7.82. The molecular weight excluding hydrogens is 693 g/mol. The van der Waals surface area contributed by atoms with Gasteiger partial charge in [-0.3, -0.25) is 0 Å². The third-order valence-electron chi connectivity index (χ3n) is 11.2. The van der Waals surface area contributed by atoms with E-state index in [-0.39, 0.29) is 0 Å². The van der Waals surface area contributed by atoms with Crippen LogP contribution >= 0.6 is 0 Å². The molecule has 0 saturated carbocycles. The Hall–Kier alpha value is -7.62. The normalized spacial score (nSPS) is 11.5. The van der Waals surface area contributed by atoms with E-state index in [1.807, 2.05) is 6.07 Å². The fourth-order valence-corrected chi connectivity index (χ4v) is 8.51. The summed E-state index contributed by atoms with van der Waals surface area (Å²) >= 11 is 0. The van der Waals surface area contributed by atoms with Gasteiger partial charge in [0.25, 0.3) is 0 Å². The van der Waals surface area contributed by atoms with Crippen molar-refractivity contribution in [2.45, 2.75) is 0 Å². The van der Waals surface area contributed by atoms with Crippen LogP contribution in [0, 0.1) is 0 Å². The number of hydrogen-bond acceptors (Lipinski definition) is 2. The maximum Gasteiger partial charge on any atom is 0.159 e. The van der Waals surface area contributed by atoms with Crippen molar-refractivity contribution in [1.82, 2.24) is 4.57 Å². The van der Waals surface area contributed by atoms with Gasteiger partial charge < -0.3 is 13.9 Å². The summed E-state index contributed by atoms with van der Waals surface area (Å²) in [5.74, 6) is 0. The molecule has 0 spiro atoms. The molecule has 0 fully saturated rings. The summed E-state index contributed by atoms with van der Waals surface area (Å²) in [6, 6.07) is 78.1. The van der Waals surface area contributed by atoms with Gasteiger partial charge in [-0.25, -0.2) is 0 Å². The summed E-state index contributed by atoms with van der Waals surface area (Å²) in [6.07, 6.45) is 0. The number of nitrogens with zero attached hydrogens (tertiary/aromatic N) is 2. The van der Waals surface area contributed by atoms with Gasteiger partial charge in [0.2, 0.25) is 0 Å². The van der Waals surface area contributed by atoms with E-state index in [1.54, 1.807) is 0 Å². The van der Waals surface area contributed by atoms with Gasteiger partial charge in [0, 0.05) is 38.5 Å². The molecule has 9 aromatic carbocycles. The molecule has 0 atom stereocenters. The van der Waals surface area contributed by atoms with Gasteiger partial charge in [0.1, 0.15) is 5.58 Å². The third-order valence-corrected chi connectivity index (χ3v) is 11.2. The van der Waals surface area contributed by atoms with Gasteiger partial charge in [-0.15, -0.1) is 0 Å². The first-order chi connectivity index (χ1) is 28.3. The number of rotatable bonds is 7. The van der Waals surface area contributed by atoms with Crippen molar-refractivity contribution in [3.63, 3.8) is 0 Å². The highest BCUT2D eigenvalue weighted by atomic mass is 16.3. The number of hydrogen-bond donors (Lipinski definition) is 0. The smallest absolute Gasteiger partial charge is 0.159 e. The Morgan fingerprint density at radius 2 is 0.930 bits per heavy atom. The summed E-state index contributed by atoms with van der Waals surface area (Å²) < 4.78 is 9.16.